The van der Waals surface area contributed by atoms with Crippen molar-refractivity contribution < 1.29 is 9.31 Å². The monoisotopic (exact) mass is 211 g/mol. The Balaban J connectivity index is 3.22. The van der Waals surface area contributed by atoms with Gasteiger partial charge in [0.1, 0.15) is 5.67 Å². The molecule has 0 bridgehead atoms. The Morgan fingerprint density at radius 3 is 2.40 bits per heavy atom. The van der Waals surface area contributed by atoms with Crippen LogP contribution in [0.5, 0.6) is 0 Å². The lowest BCUT2D eigenvalue weighted by Gasteiger charge is -2.19. The van der Waals surface area contributed by atoms with E-state index in [1.807, 2.05) is 0 Å². The standard InChI is InChI=1S/C11H14FNO2/c1-10(2)6-7-11(3,12)5-4-9(8-10)13(14)15/h4-8H,1-3H3. The van der Waals surface area contributed by atoms with Crippen molar-refractivity contribution in [1.29, 1.82) is 0 Å². The van der Waals surface area contributed by atoms with Crippen LogP contribution < -0.4 is 0 Å². The van der Waals surface area contributed by atoms with Gasteiger partial charge in [0.05, 0.1) is 4.92 Å². The second-order valence-electron chi connectivity index (χ2n) is 4.47. The molecule has 0 aromatic heterocycles. The van der Waals surface area contributed by atoms with Crippen LogP contribution in [0.2, 0.25) is 0 Å². The van der Waals surface area contributed by atoms with Gasteiger partial charge in [0.15, 0.2) is 0 Å². The molecule has 1 aliphatic rings. The molecule has 0 saturated carbocycles. The Hall–Kier alpha value is -1.45. The molecule has 0 fully saturated rings. The maximum Gasteiger partial charge on any atom is 0.266 e. The van der Waals surface area contributed by atoms with Crippen LogP contribution in [-0.4, -0.2) is 10.6 Å². The van der Waals surface area contributed by atoms with E-state index >= 15 is 0 Å². The fourth-order valence-electron chi connectivity index (χ4n) is 1.27. The van der Waals surface area contributed by atoms with E-state index < -0.39 is 16.0 Å². The number of halogens is 1. The summed E-state index contributed by atoms with van der Waals surface area (Å²) >= 11 is 0. The Kier molecular flexibility index (Phi) is 2.79. The third-order valence-corrected chi connectivity index (χ3v) is 2.15. The predicted octanol–water partition coefficient (Wildman–Crippen LogP) is 3.03. The smallest absolute Gasteiger partial charge is 0.258 e. The van der Waals surface area contributed by atoms with Crippen molar-refractivity contribution in [2.45, 2.75) is 26.4 Å². The largest absolute Gasteiger partial charge is 0.266 e. The summed E-state index contributed by atoms with van der Waals surface area (Å²) in [6, 6.07) is 0. The first-order valence-electron chi connectivity index (χ1n) is 4.68. The molecule has 82 valence electrons. The normalized spacial score (nSPS) is 29.2. The molecule has 0 amide bonds. The first-order valence-corrected chi connectivity index (χ1v) is 4.68. The topological polar surface area (TPSA) is 43.1 Å². The van der Waals surface area contributed by atoms with Crippen LogP contribution >= 0.6 is 0 Å². The molecule has 1 unspecified atom stereocenters. The molecule has 1 atom stereocenters. The van der Waals surface area contributed by atoms with Crippen LogP contribution in [0.15, 0.2) is 36.1 Å². The second-order valence-corrected chi connectivity index (χ2v) is 4.47. The second kappa shape index (κ2) is 3.61. The Labute approximate surface area is 88.1 Å². The highest BCUT2D eigenvalue weighted by molar-refractivity contribution is 5.27. The molecule has 1 rings (SSSR count). The highest BCUT2D eigenvalue weighted by Crippen LogP contribution is 2.28. The van der Waals surface area contributed by atoms with Crippen LogP contribution in [0.4, 0.5) is 4.39 Å². The lowest BCUT2D eigenvalue weighted by Crippen LogP contribution is -2.16. The van der Waals surface area contributed by atoms with E-state index in [1.54, 1.807) is 19.9 Å². The minimum atomic E-state index is -1.63. The summed E-state index contributed by atoms with van der Waals surface area (Å²) in [6.07, 6.45) is 6.96. The van der Waals surface area contributed by atoms with Crippen molar-refractivity contribution in [2.24, 2.45) is 5.41 Å². The van der Waals surface area contributed by atoms with E-state index in [0.717, 1.165) is 0 Å². The Bertz CT molecular complexity index is 365. The fourth-order valence-corrected chi connectivity index (χ4v) is 1.27. The van der Waals surface area contributed by atoms with Gasteiger partial charge in [-0.2, -0.15) is 0 Å². The zero-order chi connectivity index (χ0) is 11.7. The van der Waals surface area contributed by atoms with Crippen molar-refractivity contribution in [1.82, 2.24) is 0 Å². The zero-order valence-electron chi connectivity index (χ0n) is 9.03. The number of nitro groups is 1. The molecular weight excluding hydrogens is 197 g/mol. The van der Waals surface area contributed by atoms with Crippen molar-refractivity contribution in [3.8, 4) is 0 Å². The van der Waals surface area contributed by atoms with Gasteiger partial charge in [-0.3, -0.25) is 10.1 Å². The van der Waals surface area contributed by atoms with Crippen molar-refractivity contribution in [2.75, 3.05) is 0 Å². The predicted molar refractivity (Wildman–Crippen MR) is 56.7 cm³/mol. The molecule has 0 N–H and O–H groups in total. The molecule has 0 heterocycles. The maximum atomic E-state index is 13.7. The number of rotatable bonds is 1. The first-order chi connectivity index (χ1) is 6.72. The van der Waals surface area contributed by atoms with Gasteiger partial charge in [-0.1, -0.05) is 19.9 Å². The minimum Gasteiger partial charge on any atom is -0.258 e. The van der Waals surface area contributed by atoms with Crippen LogP contribution in [0.1, 0.15) is 20.8 Å². The summed E-state index contributed by atoms with van der Waals surface area (Å²) in [7, 11) is 0. The summed E-state index contributed by atoms with van der Waals surface area (Å²) in [4.78, 5) is 10.2. The van der Waals surface area contributed by atoms with Gasteiger partial charge >= 0.3 is 0 Å². The lowest BCUT2D eigenvalue weighted by molar-refractivity contribution is -0.419. The molecule has 0 aliphatic heterocycles. The van der Waals surface area contributed by atoms with Gasteiger partial charge < -0.3 is 0 Å². The van der Waals surface area contributed by atoms with E-state index in [1.165, 1.54) is 31.2 Å². The molecule has 0 saturated heterocycles. The van der Waals surface area contributed by atoms with E-state index in [9.17, 15) is 14.5 Å². The van der Waals surface area contributed by atoms with Gasteiger partial charge in [-0.15, -0.1) is 0 Å². The maximum absolute atomic E-state index is 13.7. The Morgan fingerprint density at radius 1 is 1.27 bits per heavy atom. The number of nitrogens with zero attached hydrogens (tertiary/aromatic N) is 1. The fraction of sp³-hybridized carbons (Fsp3) is 0.455. The molecular formula is C11H14FNO2. The SMILES string of the molecule is CC1(C)C=CC(C)(F)C=CC([N+](=O)[O-])=C1. The quantitative estimate of drug-likeness (QED) is 0.380. The molecule has 0 aromatic rings. The number of hydrogen-bond acceptors (Lipinski definition) is 2. The van der Waals surface area contributed by atoms with Crippen LogP contribution in [-0.2, 0) is 0 Å². The molecule has 0 spiro atoms. The highest BCUT2D eigenvalue weighted by atomic mass is 19.1. The molecule has 3 nitrogen and oxygen atoms in total. The van der Waals surface area contributed by atoms with Gasteiger partial charge in [0.25, 0.3) is 5.70 Å². The Morgan fingerprint density at radius 2 is 1.87 bits per heavy atom. The highest BCUT2D eigenvalue weighted by Gasteiger charge is 2.24. The molecule has 0 aromatic carbocycles. The average Bonchev–Trinajstić information content (AvgIpc) is 2.07. The zero-order valence-corrected chi connectivity index (χ0v) is 9.03. The van der Waals surface area contributed by atoms with Gasteiger partial charge in [0.2, 0.25) is 0 Å². The molecule has 1 aliphatic carbocycles. The summed E-state index contributed by atoms with van der Waals surface area (Å²) in [5.41, 5.74) is -2.22. The van der Waals surface area contributed by atoms with Crippen LogP contribution in [0, 0.1) is 15.5 Å². The molecule has 15 heavy (non-hydrogen) atoms. The number of allylic oxidation sites excluding steroid dienone is 5. The number of alkyl halides is 1. The third kappa shape index (κ3) is 3.31. The third-order valence-electron chi connectivity index (χ3n) is 2.15. The first kappa shape index (κ1) is 11.6. The van der Waals surface area contributed by atoms with Crippen molar-refractivity contribution in [3.63, 3.8) is 0 Å². The average molecular weight is 211 g/mol. The van der Waals surface area contributed by atoms with E-state index in [-0.39, 0.29) is 5.70 Å². The van der Waals surface area contributed by atoms with Gasteiger partial charge in [0, 0.05) is 17.6 Å². The van der Waals surface area contributed by atoms with E-state index in [4.69, 9.17) is 0 Å². The minimum absolute atomic E-state index is 0.0757. The van der Waals surface area contributed by atoms with Gasteiger partial charge in [-0.05, 0) is 19.1 Å². The van der Waals surface area contributed by atoms with Crippen molar-refractivity contribution >= 4 is 0 Å². The lowest BCUT2D eigenvalue weighted by atomic mass is 9.88. The summed E-state index contributed by atoms with van der Waals surface area (Å²) in [6.45, 7) is 4.95. The molecule has 0 radical (unpaired) electrons. The van der Waals surface area contributed by atoms with Gasteiger partial charge in [-0.25, -0.2) is 4.39 Å². The molecule has 4 heteroatoms. The van der Waals surface area contributed by atoms with E-state index in [0.29, 0.717) is 0 Å². The van der Waals surface area contributed by atoms with Crippen LogP contribution in [0.25, 0.3) is 0 Å². The summed E-state index contributed by atoms with van der Waals surface area (Å²) in [5.74, 6) is 0. The summed E-state index contributed by atoms with van der Waals surface area (Å²) < 4.78 is 13.7. The van der Waals surface area contributed by atoms with Crippen LogP contribution in [0.3, 0.4) is 0 Å². The van der Waals surface area contributed by atoms with Crippen molar-refractivity contribution in [3.05, 3.63) is 46.2 Å². The van der Waals surface area contributed by atoms with E-state index in [2.05, 4.69) is 0 Å². The number of hydrogen-bond donors (Lipinski definition) is 0. The summed E-state index contributed by atoms with van der Waals surface area (Å²) in [5, 5.41) is 10.7.